The Morgan fingerprint density at radius 3 is 2.68 bits per heavy atom. The maximum Gasteiger partial charge on any atom is 0.264 e. The average Bonchev–Trinajstić information content (AvgIpc) is 3.97. The molecule has 6 rings (SSSR count). The minimum absolute atomic E-state index is 0.0336. The standard InChI is InChI=1S/C39H44FN9O7/c1-22-7-11-32(46-28(22)13-14-41-3)47-33-19-30(45-24-8-9-24)26(20-43-33)36(51)44-21-27(40)23(2)56-18-17-55-16-15-42-29-6-4-5-25-35(29)39(54)49(38(25)53)31-10-12-34(50)48-37(31)52/h4-7,11,13-14,19-20,23-24,27,31,42H,3,8-10,12,15-18,21H2,1-2H3,(H,44,51)(H,48,50,52)(H2,43,45,46,47)/b14-13-. The first-order chi connectivity index (χ1) is 27.0. The van der Waals surface area contributed by atoms with Gasteiger partial charge in [-0.05, 0) is 69.7 Å². The highest BCUT2D eigenvalue weighted by atomic mass is 19.1. The Bertz CT molecular complexity index is 2040. The summed E-state index contributed by atoms with van der Waals surface area (Å²) in [6.07, 6.45) is 4.48. The summed E-state index contributed by atoms with van der Waals surface area (Å²) in [5.41, 5.74) is 3.28. The molecule has 0 spiro atoms. The van der Waals surface area contributed by atoms with Crippen molar-refractivity contribution >= 4 is 65.3 Å². The average molecular weight is 770 g/mol. The van der Waals surface area contributed by atoms with E-state index in [9.17, 15) is 24.0 Å². The molecule has 1 aliphatic carbocycles. The summed E-state index contributed by atoms with van der Waals surface area (Å²) in [6, 6.07) is 9.46. The van der Waals surface area contributed by atoms with E-state index in [1.54, 1.807) is 37.4 Å². The van der Waals surface area contributed by atoms with Gasteiger partial charge in [0.15, 0.2) is 0 Å². The number of alkyl halides is 1. The molecule has 3 aliphatic rings. The molecule has 56 heavy (non-hydrogen) atoms. The van der Waals surface area contributed by atoms with Crippen molar-refractivity contribution in [2.75, 3.05) is 48.9 Å². The van der Waals surface area contributed by atoms with Crippen molar-refractivity contribution in [1.82, 2.24) is 25.5 Å². The van der Waals surface area contributed by atoms with Gasteiger partial charge >= 0.3 is 0 Å². The monoisotopic (exact) mass is 769 g/mol. The van der Waals surface area contributed by atoms with Crippen LogP contribution in [0.4, 0.5) is 27.4 Å². The lowest BCUT2D eigenvalue weighted by atomic mass is 10.0. The fourth-order valence-corrected chi connectivity index (χ4v) is 6.18. The molecule has 5 N–H and O–H groups in total. The Balaban J connectivity index is 0.924. The lowest BCUT2D eigenvalue weighted by Crippen LogP contribution is -2.54. The maximum absolute atomic E-state index is 15.1. The lowest BCUT2D eigenvalue weighted by molar-refractivity contribution is -0.136. The van der Waals surface area contributed by atoms with E-state index < -0.39 is 47.9 Å². The molecule has 1 saturated carbocycles. The van der Waals surface area contributed by atoms with E-state index in [1.165, 1.54) is 12.3 Å². The molecule has 16 nitrogen and oxygen atoms in total. The fourth-order valence-electron chi connectivity index (χ4n) is 6.18. The maximum atomic E-state index is 15.1. The number of hydrogen-bond acceptors (Lipinski definition) is 13. The number of aromatic nitrogens is 2. The van der Waals surface area contributed by atoms with E-state index in [0.717, 1.165) is 29.0 Å². The van der Waals surface area contributed by atoms with Gasteiger partial charge in [0.2, 0.25) is 11.8 Å². The normalized spacial score (nSPS) is 17.7. The molecule has 3 atom stereocenters. The molecule has 3 aromatic rings. The van der Waals surface area contributed by atoms with Crippen molar-refractivity contribution in [2.45, 2.75) is 63.9 Å². The number of hydrogen-bond donors (Lipinski definition) is 5. The number of carbonyl (C=O) groups excluding carboxylic acids is 5. The van der Waals surface area contributed by atoms with Crippen LogP contribution in [0.5, 0.6) is 0 Å². The Morgan fingerprint density at radius 1 is 1.09 bits per heavy atom. The van der Waals surface area contributed by atoms with Crippen LogP contribution < -0.4 is 26.6 Å². The van der Waals surface area contributed by atoms with Gasteiger partial charge < -0.3 is 30.7 Å². The van der Waals surface area contributed by atoms with Gasteiger partial charge in [-0.2, -0.15) is 0 Å². The summed E-state index contributed by atoms with van der Waals surface area (Å²) in [5, 5.41) is 14.5. The van der Waals surface area contributed by atoms with E-state index in [4.69, 9.17) is 9.47 Å². The second-order valence-electron chi connectivity index (χ2n) is 13.6. The minimum Gasteiger partial charge on any atom is -0.382 e. The third kappa shape index (κ3) is 9.59. The molecule has 17 heteroatoms. The summed E-state index contributed by atoms with van der Waals surface area (Å²) < 4.78 is 26.3. The van der Waals surface area contributed by atoms with E-state index in [1.807, 2.05) is 19.1 Å². The number of ether oxygens (including phenoxy) is 2. The van der Waals surface area contributed by atoms with E-state index in [2.05, 4.69) is 48.3 Å². The number of fused-ring (bicyclic) bond motifs is 1. The number of pyridine rings is 2. The summed E-state index contributed by atoms with van der Waals surface area (Å²) in [7, 11) is 0. The molecular formula is C39H44FN9O7. The van der Waals surface area contributed by atoms with Gasteiger partial charge in [0.1, 0.15) is 23.8 Å². The van der Waals surface area contributed by atoms with E-state index in [0.29, 0.717) is 23.0 Å². The van der Waals surface area contributed by atoms with Gasteiger partial charge in [-0.25, -0.2) is 14.4 Å². The van der Waals surface area contributed by atoms with Crippen LogP contribution in [0, 0.1) is 6.92 Å². The van der Waals surface area contributed by atoms with Crippen LogP contribution in [0.2, 0.25) is 0 Å². The van der Waals surface area contributed by atoms with Crippen LogP contribution in [0.3, 0.4) is 0 Å². The summed E-state index contributed by atoms with van der Waals surface area (Å²) in [5.74, 6) is -1.75. The zero-order valence-corrected chi connectivity index (χ0v) is 31.1. The first-order valence-electron chi connectivity index (χ1n) is 18.4. The Hall–Kier alpha value is -6.07. The molecule has 3 unspecified atom stereocenters. The molecule has 2 aliphatic heterocycles. The highest BCUT2D eigenvalue weighted by Crippen LogP contribution is 2.33. The number of nitrogens with one attached hydrogen (secondary N) is 5. The van der Waals surface area contributed by atoms with Crippen LogP contribution in [0.15, 0.2) is 53.8 Å². The number of rotatable bonds is 19. The van der Waals surface area contributed by atoms with Crippen molar-refractivity contribution in [3.63, 3.8) is 0 Å². The zero-order valence-electron chi connectivity index (χ0n) is 31.1. The topological polar surface area (TPSA) is 205 Å². The van der Waals surface area contributed by atoms with E-state index in [-0.39, 0.29) is 68.5 Å². The van der Waals surface area contributed by atoms with Crippen molar-refractivity contribution in [3.8, 4) is 0 Å². The van der Waals surface area contributed by atoms with Gasteiger partial charge in [-0.1, -0.05) is 12.1 Å². The number of halogens is 1. The number of anilines is 4. The predicted molar refractivity (Wildman–Crippen MR) is 207 cm³/mol. The molecule has 0 radical (unpaired) electrons. The smallest absolute Gasteiger partial charge is 0.264 e. The van der Waals surface area contributed by atoms with Crippen molar-refractivity contribution in [1.29, 1.82) is 0 Å². The number of aliphatic imine (C=N–C) groups is 1. The number of benzene rings is 1. The predicted octanol–water partition coefficient (Wildman–Crippen LogP) is 3.78. The number of carbonyl (C=O) groups is 5. The molecular weight excluding hydrogens is 725 g/mol. The fraction of sp³-hybridized carbons (Fsp3) is 0.385. The van der Waals surface area contributed by atoms with Crippen LogP contribution >= 0.6 is 0 Å². The lowest BCUT2D eigenvalue weighted by Gasteiger charge is -2.27. The van der Waals surface area contributed by atoms with Crippen molar-refractivity contribution in [3.05, 3.63) is 76.7 Å². The van der Waals surface area contributed by atoms with Crippen LogP contribution in [-0.4, -0.2) is 108 Å². The van der Waals surface area contributed by atoms with Crippen molar-refractivity contribution < 1.29 is 37.8 Å². The Labute approximate surface area is 322 Å². The van der Waals surface area contributed by atoms with Crippen LogP contribution in [0.1, 0.15) is 74.9 Å². The Kier molecular flexibility index (Phi) is 12.8. The van der Waals surface area contributed by atoms with Crippen LogP contribution in [0.25, 0.3) is 6.08 Å². The number of amides is 5. The minimum atomic E-state index is -1.50. The highest BCUT2D eigenvalue weighted by Gasteiger charge is 2.45. The Morgan fingerprint density at radius 2 is 1.91 bits per heavy atom. The molecule has 1 saturated heterocycles. The number of piperidine rings is 1. The summed E-state index contributed by atoms with van der Waals surface area (Å²) in [4.78, 5) is 77.0. The third-order valence-corrected chi connectivity index (χ3v) is 9.42. The molecule has 2 aromatic heterocycles. The van der Waals surface area contributed by atoms with Gasteiger partial charge in [-0.3, -0.25) is 39.2 Å². The third-order valence-electron chi connectivity index (χ3n) is 9.42. The number of nitrogens with zero attached hydrogens (tertiary/aromatic N) is 4. The second kappa shape index (κ2) is 18.0. The highest BCUT2D eigenvalue weighted by molar-refractivity contribution is 6.25. The zero-order chi connectivity index (χ0) is 39.8. The number of imide groups is 2. The first kappa shape index (κ1) is 39.6. The van der Waals surface area contributed by atoms with Gasteiger partial charge in [0, 0.05) is 43.2 Å². The van der Waals surface area contributed by atoms with Gasteiger partial charge in [-0.15, -0.1) is 0 Å². The molecule has 294 valence electrons. The summed E-state index contributed by atoms with van der Waals surface area (Å²) in [6.45, 7) is 7.42. The summed E-state index contributed by atoms with van der Waals surface area (Å²) >= 11 is 0. The first-order valence-corrected chi connectivity index (χ1v) is 18.4. The molecule has 5 amide bonds. The van der Waals surface area contributed by atoms with Gasteiger partial charge in [0.05, 0.1) is 60.5 Å². The molecule has 0 bridgehead atoms. The van der Waals surface area contributed by atoms with Crippen LogP contribution in [-0.2, 0) is 19.1 Å². The number of aryl methyl sites for hydroxylation is 1. The molecule has 1 aromatic carbocycles. The van der Waals surface area contributed by atoms with Crippen molar-refractivity contribution in [2.24, 2.45) is 4.99 Å². The molecule has 2 fully saturated rings. The SMILES string of the molecule is C=N/C=C\c1nc(Nc2cc(NC3CC3)c(C(=O)NCC(F)C(C)OCCOCCNc3cccc4c3C(=O)N(C3CCC(=O)NC3=O)C4=O)cn2)ccc1C. The second-order valence-corrected chi connectivity index (χ2v) is 13.6. The molecule has 4 heterocycles. The van der Waals surface area contributed by atoms with Gasteiger partial charge in [0.25, 0.3) is 17.7 Å². The largest absolute Gasteiger partial charge is 0.382 e. The quantitative estimate of drug-likeness (QED) is 0.0672. The van der Waals surface area contributed by atoms with E-state index >= 15 is 4.39 Å².